The molecule has 1 aromatic carbocycles. The van der Waals surface area contributed by atoms with Crippen molar-refractivity contribution in [3.8, 4) is 5.75 Å². The van der Waals surface area contributed by atoms with Crippen LogP contribution in [0.15, 0.2) is 27.4 Å². The van der Waals surface area contributed by atoms with E-state index in [1.165, 1.54) is 25.3 Å². The van der Waals surface area contributed by atoms with E-state index in [0.29, 0.717) is 29.0 Å². The standard InChI is InChI=1S/C21H27NO3/c1-13-7-18(24)25-19-15(13)5-6-17(23)16(19)10-22-12-21(4)9-14(22)8-20(2,3)11-21/h5-7,14,23H,8-12H2,1-4H3. The first-order valence-corrected chi connectivity index (χ1v) is 9.15. The second-order valence-corrected chi connectivity index (χ2v) is 9.31. The summed E-state index contributed by atoms with van der Waals surface area (Å²) in [7, 11) is 0. The summed E-state index contributed by atoms with van der Waals surface area (Å²) in [6.07, 6.45) is 3.63. The molecule has 0 radical (unpaired) electrons. The van der Waals surface area contributed by atoms with Crippen molar-refractivity contribution in [2.45, 2.75) is 59.5 Å². The average molecular weight is 341 g/mol. The molecule has 25 heavy (non-hydrogen) atoms. The van der Waals surface area contributed by atoms with Crippen LogP contribution in [-0.4, -0.2) is 22.6 Å². The fraction of sp³-hybridized carbons (Fsp3) is 0.571. The lowest BCUT2D eigenvalue weighted by Crippen LogP contribution is -2.34. The predicted molar refractivity (Wildman–Crippen MR) is 98.8 cm³/mol. The number of hydrogen-bond donors (Lipinski definition) is 1. The van der Waals surface area contributed by atoms with Crippen LogP contribution >= 0.6 is 0 Å². The summed E-state index contributed by atoms with van der Waals surface area (Å²) in [5.74, 6) is 0.215. The van der Waals surface area contributed by atoms with E-state index in [1.807, 2.05) is 13.0 Å². The molecule has 2 unspecified atom stereocenters. The minimum Gasteiger partial charge on any atom is -0.507 e. The van der Waals surface area contributed by atoms with E-state index in [4.69, 9.17) is 4.42 Å². The van der Waals surface area contributed by atoms with Gasteiger partial charge in [0.05, 0.1) is 5.56 Å². The van der Waals surface area contributed by atoms with E-state index < -0.39 is 0 Å². The smallest absolute Gasteiger partial charge is 0.336 e. The van der Waals surface area contributed by atoms with Crippen LogP contribution in [0.3, 0.4) is 0 Å². The maximum Gasteiger partial charge on any atom is 0.336 e. The van der Waals surface area contributed by atoms with Crippen molar-refractivity contribution in [3.63, 3.8) is 0 Å². The molecule has 1 aliphatic heterocycles. The van der Waals surface area contributed by atoms with Crippen molar-refractivity contribution >= 4 is 11.0 Å². The third kappa shape index (κ3) is 2.86. The number of aromatic hydroxyl groups is 1. The van der Waals surface area contributed by atoms with Gasteiger partial charge < -0.3 is 9.52 Å². The molecule has 2 atom stereocenters. The number of hydrogen-bond acceptors (Lipinski definition) is 4. The molecule has 1 saturated heterocycles. The van der Waals surface area contributed by atoms with Gasteiger partial charge in [0.25, 0.3) is 0 Å². The molecule has 2 aromatic rings. The van der Waals surface area contributed by atoms with Crippen molar-refractivity contribution in [2.75, 3.05) is 6.54 Å². The first-order valence-electron chi connectivity index (χ1n) is 9.15. The zero-order valence-corrected chi connectivity index (χ0v) is 15.6. The summed E-state index contributed by atoms with van der Waals surface area (Å²) in [5.41, 5.74) is 2.51. The molecule has 4 heteroatoms. The van der Waals surface area contributed by atoms with Crippen molar-refractivity contribution in [1.29, 1.82) is 0 Å². The number of nitrogens with zero attached hydrogens (tertiary/aromatic N) is 1. The Morgan fingerprint density at radius 3 is 2.80 bits per heavy atom. The Bertz CT molecular complexity index is 898. The Morgan fingerprint density at radius 1 is 1.28 bits per heavy atom. The topological polar surface area (TPSA) is 53.7 Å². The highest BCUT2D eigenvalue weighted by Crippen LogP contribution is 2.53. The molecule has 1 N–H and O–H groups in total. The van der Waals surface area contributed by atoms with E-state index in [9.17, 15) is 9.90 Å². The minimum atomic E-state index is -0.356. The lowest BCUT2D eigenvalue weighted by atomic mass is 9.65. The van der Waals surface area contributed by atoms with Crippen LogP contribution in [0.2, 0.25) is 0 Å². The average Bonchev–Trinajstić information content (AvgIpc) is 2.70. The molecule has 0 spiro atoms. The summed E-state index contributed by atoms with van der Waals surface area (Å²) in [6, 6.07) is 5.59. The van der Waals surface area contributed by atoms with Gasteiger partial charge in [-0.05, 0) is 54.7 Å². The lowest BCUT2D eigenvalue weighted by molar-refractivity contribution is 0.126. The highest BCUT2D eigenvalue weighted by Gasteiger charge is 2.49. The van der Waals surface area contributed by atoms with Gasteiger partial charge >= 0.3 is 5.63 Å². The minimum absolute atomic E-state index is 0.215. The Kier molecular flexibility index (Phi) is 3.56. The fourth-order valence-corrected chi connectivity index (χ4v) is 5.55. The second kappa shape index (κ2) is 5.34. The Balaban J connectivity index is 1.75. The molecule has 2 aliphatic rings. The molecular weight excluding hydrogens is 314 g/mol. The number of phenols is 1. The summed E-state index contributed by atoms with van der Waals surface area (Å²) >= 11 is 0. The molecule has 1 saturated carbocycles. The summed E-state index contributed by atoms with van der Waals surface area (Å²) in [5, 5.41) is 11.4. The largest absolute Gasteiger partial charge is 0.507 e. The quantitative estimate of drug-likeness (QED) is 0.832. The highest BCUT2D eigenvalue weighted by atomic mass is 16.4. The third-order valence-corrected chi connectivity index (χ3v) is 6.08. The highest BCUT2D eigenvalue weighted by molar-refractivity contribution is 5.84. The maximum absolute atomic E-state index is 11.9. The summed E-state index contributed by atoms with van der Waals surface area (Å²) < 4.78 is 5.50. The van der Waals surface area contributed by atoms with Gasteiger partial charge in [0.15, 0.2) is 0 Å². The maximum atomic E-state index is 11.9. The first-order chi connectivity index (χ1) is 11.7. The van der Waals surface area contributed by atoms with Crippen molar-refractivity contribution in [2.24, 2.45) is 10.8 Å². The van der Waals surface area contributed by atoms with E-state index >= 15 is 0 Å². The van der Waals surface area contributed by atoms with Crippen LogP contribution in [0, 0.1) is 17.8 Å². The van der Waals surface area contributed by atoms with Gasteiger partial charge in [-0.3, -0.25) is 4.90 Å². The monoisotopic (exact) mass is 341 g/mol. The predicted octanol–water partition coefficient (Wildman–Crippen LogP) is 4.21. The number of aryl methyl sites for hydroxylation is 1. The summed E-state index contributed by atoms with van der Waals surface area (Å²) in [6.45, 7) is 10.7. The Labute approximate surface area is 148 Å². The van der Waals surface area contributed by atoms with Gasteiger partial charge in [-0.1, -0.05) is 20.8 Å². The number of fused-ring (bicyclic) bond motifs is 3. The molecule has 4 nitrogen and oxygen atoms in total. The number of likely N-dealkylation sites (tertiary alicyclic amines) is 1. The molecule has 4 rings (SSSR count). The van der Waals surface area contributed by atoms with E-state index in [-0.39, 0.29) is 11.4 Å². The Morgan fingerprint density at radius 2 is 2.04 bits per heavy atom. The molecular formula is C21H27NO3. The van der Waals surface area contributed by atoms with E-state index in [1.54, 1.807) is 6.07 Å². The van der Waals surface area contributed by atoms with Crippen molar-refractivity contribution < 1.29 is 9.52 Å². The van der Waals surface area contributed by atoms with Crippen LogP contribution in [0.5, 0.6) is 5.75 Å². The zero-order valence-electron chi connectivity index (χ0n) is 15.6. The van der Waals surface area contributed by atoms with Crippen LogP contribution < -0.4 is 5.63 Å². The van der Waals surface area contributed by atoms with Gasteiger partial charge in [-0.15, -0.1) is 0 Å². The van der Waals surface area contributed by atoms with Crippen LogP contribution in [-0.2, 0) is 6.54 Å². The fourth-order valence-electron chi connectivity index (χ4n) is 5.55. The van der Waals surface area contributed by atoms with Gasteiger partial charge in [-0.2, -0.15) is 0 Å². The van der Waals surface area contributed by atoms with Crippen LogP contribution in [0.4, 0.5) is 0 Å². The molecule has 2 fully saturated rings. The van der Waals surface area contributed by atoms with Crippen LogP contribution in [0.1, 0.15) is 51.2 Å². The van der Waals surface area contributed by atoms with Gasteiger partial charge in [0.1, 0.15) is 11.3 Å². The number of benzene rings is 1. The van der Waals surface area contributed by atoms with Crippen LogP contribution in [0.25, 0.3) is 11.0 Å². The molecule has 1 aromatic heterocycles. The van der Waals surface area contributed by atoms with Gasteiger partial charge in [-0.25, -0.2) is 4.79 Å². The van der Waals surface area contributed by atoms with E-state index in [2.05, 4.69) is 25.7 Å². The van der Waals surface area contributed by atoms with Crippen molar-refractivity contribution in [3.05, 3.63) is 39.7 Å². The lowest BCUT2D eigenvalue weighted by Gasteiger charge is -2.40. The molecule has 0 amide bonds. The summed E-state index contributed by atoms with van der Waals surface area (Å²) in [4.78, 5) is 14.3. The molecule has 2 heterocycles. The van der Waals surface area contributed by atoms with Gasteiger partial charge in [0, 0.05) is 30.6 Å². The van der Waals surface area contributed by atoms with E-state index in [0.717, 1.165) is 23.1 Å². The third-order valence-electron chi connectivity index (χ3n) is 6.08. The van der Waals surface area contributed by atoms with Gasteiger partial charge in [0.2, 0.25) is 0 Å². The normalized spacial score (nSPS) is 28.6. The molecule has 1 aliphatic carbocycles. The Hall–Kier alpha value is -1.81. The van der Waals surface area contributed by atoms with Crippen molar-refractivity contribution in [1.82, 2.24) is 4.90 Å². The SMILES string of the molecule is Cc1cc(=O)oc2c(CN3CC4(C)CC3CC(C)(C)C4)c(O)ccc12. The second-order valence-electron chi connectivity index (χ2n) is 9.31. The number of phenolic OH excluding ortho intramolecular Hbond substituents is 1. The first kappa shape index (κ1) is 16.6. The number of rotatable bonds is 2. The zero-order chi connectivity index (χ0) is 18.0. The molecule has 134 valence electrons. The molecule has 2 bridgehead atoms.